The number of phenolic OH excluding ortho intramolecular Hbond substituents is 1. The van der Waals surface area contributed by atoms with Crippen molar-refractivity contribution >= 4 is 34.2 Å². The van der Waals surface area contributed by atoms with E-state index in [2.05, 4.69) is 21.5 Å². The second kappa shape index (κ2) is 11.7. The minimum absolute atomic E-state index is 0.00164. The number of carbonyl (C=O) groups excluding carboxylic acids is 1. The number of hydrogen-bond donors (Lipinski definition) is 1. The van der Waals surface area contributed by atoms with Gasteiger partial charge in [0.15, 0.2) is 11.6 Å². The van der Waals surface area contributed by atoms with Crippen LogP contribution in [0, 0.1) is 11.6 Å². The first-order chi connectivity index (χ1) is 21.9. The molecule has 2 aliphatic rings. The molecule has 6 rings (SSSR count). The molecule has 2 aromatic heterocycles. The van der Waals surface area contributed by atoms with Gasteiger partial charge in [0.05, 0.1) is 44.6 Å². The predicted molar refractivity (Wildman–Crippen MR) is 171 cm³/mol. The Morgan fingerprint density at radius 3 is 2.41 bits per heavy atom. The van der Waals surface area contributed by atoms with Crippen LogP contribution >= 0.6 is 11.6 Å². The molecule has 1 saturated heterocycles. The fraction of sp³-hybridized carbons (Fsp3) is 0.364. The first kappa shape index (κ1) is 31.4. The summed E-state index contributed by atoms with van der Waals surface area (Å²) in [5.74, 6) is -3.35. The van der Waals surface area contributed by atoms with Gasteiger partial charge in [0, 0.05) is 24.7 Å². The summed E-state index contributed by atoms with van der Waals surface area (Å²) in [5.41, 5.74) is -0.339. The second-order valence-electron chi connectivity index (χ2n) is 12.2. The molecule has 0 bridgehead atoms. The predicted octanol–water partition coefficient (Wildman–Crippen LogP) is 5.71. The van der Waals surface area contributed by atoms with Crippen molar-refractivity contribution in [2.45, 2.75) is 58.5 Å². The van der Waals surface area contributed by atoms with Crippen molar-refractivity contribution in [1.82, 2.24) is 24.4 Å². The van der Waals surface area contributed by atoms with Gasteiger partial charge < -0.3 is 19.6 Å². The standard InChI is InChI=1S/C33H33ClF2N6O4/c1-7-21(44)40-11-17(6)41-18(12-40)13-46-31-24-29(25(34)23(26(31)36)22-19(35)9-8-10-20(22)43)42(33(45)39-32(24)41)30-27(15(2)3)37-14-38-28(30)16(4)5/h7-10,14-18,43H,1,11-13H2,2-6H3. The maximum absolute atomic E-state index is 16.9. The molecule has 0 spiro atoms. The van der Waals surface area contributed by atoms with Gasteiger partial charge >= 0.3 is 5.69 Å². The van der Waals surface area contributed by atoms with E-state index in [1.807, 2.05) is 39.5 Å². The normalized spacial score (nSPS) is 17.7. The number of phenols is 1. The molecule has 10 nitrogen and oxygen atoms in total. The van der Waals surface area contributed by atoms with Crippen molar-refractivity contribution in [2.75, 3.05) is 24.6 Å². The molecule has 2 unspecified atom stereocenters. The number of anilines is 1. The number of aromatic nitrogens is 4. The molecule has 4 heterocycles. The second-order valence-corrected chi connectivity index (χ2v) is 12.6. The van der Waals surface area contributed by atoms with Gasteiger partial charge in [-0.15, -0.1) is 0 Å². The third-order valence-electron chi connectivity index (χ3n) is 8.52. The largest absolute Gasteiger partial charge is 0.507 e. The number of hydrogen-bond acceptors (Lipinski definition) is 8. The Morgan fingerprint density at radius 1 is 1.13 bits per heavy atom. The number of ether oxygens (including phenoxy) is 1. The Balaban J connectivity index is 1.80. The molecule has 0 radical (unpaired) electrons. The van der Waals surface area contributed by atoms with Crippen molar-refractivity contribution in [3.63, 3.8) is 0 Å². The van der Waals surface area contributed by atoms with Gasteiger partial charge in [0.2, 0.25) is 5.91 Å². The lowest BCUT2D eigenvalue weighted by Crippen LogP contribution is -2.61. The summed E-state index contributed by atoms with van der Waals surface area (Å²) in [4.78, 5) is 44.0. The maximum atomic E-state index is 16.9. The van der Waals surface area contributed by atoms with Gasteiger partial charge in [-0.05, 0) is 37.0 Å². The van der Waals surface area contributed by atoms with E-state index in [0.717, 1.165) is 6.07 Å². The van der Waals surface area contributed by atoms with Crippen LogP contribution in [0.5, 0.6) is 11.5 Å². The molecule has 13 heteroatoms. The number of rotatable bonds is 5. The molecule has 0 saturated carbocycles. The molecular formula is C33H33ClF2N6O4. The van der Waals surface area contributed by atoms with Crippen LogP contribution in [-0.2, 0) is 4.79 Å². The van der Waals surface area contributed by atoms with Crippen molar-refractivity contribution in [3.8, 4) is 28.3 Å². The Labute approximate surface area is 268 Å². The number of benzene rings is 2. The van der Waals surface area contributed by atoms with Crippen molar-refractivity contribution < 1.29 is 23.4 Å². The molecule has 1 amide bonds. The van der Waals surface area contributed by atoms with Gasteiger partial charge in [0.1, 0.15) is 30.3 Å². The SMILES string of the molecule is C=CC(=O)N1CC(C)N2c3nc(=O)n(-c4c(C(C)C)ncnc4C(C)C)c4c(Cl)c(-c5c(O)cccc5F)c(F)c(c34)OCC2C1. The average molecular weight is 651 g/mol. The monoisotopic (exact) mass is 650 g/mol. The van der Waals surface area contributed by atoms with Gasteiger partial charge in [0.25, 0.3) is 0 Å². The Bertz CT molecular complexity index is 1930. The molecule has 2 aliphatic heterocycles. The zero-order valence-electron chi connectivity index (χ0n) is 26.0. The molecule has 4 aromatic rings. The number of aromatic hydroxyl groups is 1. The molecular weight excluding hydrogens is 618 g/mol. The van der Waals surface area contributed by atoms with E-state index < -0.39 is 40.2 Å². The topological polar surface area (TPSA) is 114 Å². The van der Waals surface area contributed by atoms with E-state index in [9.17, 15) is 14.7 Å². The van der Waals surface area contributed by atoms with Crippen LogP contribution in [0.1, 0.15) is 57.8 Å². The molecule has 1 N–H and O–H groups in total. The summed E-state index contributed by atoms with van der Waals surface area (Å²) < 4.78 is 39.7. The zero-order chi connectivity index (χ0) is 33.2. The van der Waals surface area contributed by atoms with E-state index >= 15 is 8.78 Å². The number of piperazine rings is 1. The summed E-state index contributed by atoms with van der Waals surface area (Å²) in [6.45, 7) is 13.5. The fourth-order valence-electron chi connectivity index (χ4n) is 6.54. The van der Waals surface area contributed by atoms with E-state index in [1.165, 1.54) is 29.1 Å². The van der Waals surface area contributed by atoms with Crippen LogP contribution < -0.4 is 15.3 Å². The van der Waals surface area contributed by atoms with E-state index in [1.54, 1.807) is 4.90 Å². The zero-order valence-corrected chi connectivity index (χ0v) is 26.8. The number of nitrogens with zero attached hydrogens (tertiary/aromatic N) is 6. The minimum atomic E-state index is -1.03. The van der Waals surface area contributed by atoms with Crippen LogP contribution in [0.3, 0.4) is 0 Å². The van der Waals surface area contributed by atoms with E-state index in [0.29, 0.717) is 17.1 Å². The Morgan fingerprint density at radius 2 is 1.80 bits per heavy atom. The van der Waals surface area contributed by atoms with E-state index in [4.69, 9.17) is 16.3 Å². The first-order valence-electron chi connectivity index (χ1n) is 15.0. The van der Waals surface area contributed by atoms with Crippen molar-refractivity contribution in [2.24, 2.45) is 0 Å². The Kier molecular flexibility index (Phi) is 7.95. The van der Waals surface area contributed by atoms with Gasteiger partial charge in [-0.3, -0.25) is 9.36 Å². The molecule has 1 fully saturated rings. The molecule has 0 aliphatic carbocycles. The number of fused-ring (bicyclic) bond motifs is 2. The van der Waals surface area contributed by atoms with Gasteiger partial charge in [-0.1, -0.05) is 51.9 Å². The first-order valence-corrected chi connectivity index (χ1v) is 15.4. The molecule has 2 aromatic carbocycles. The summed E-state index contributed by atoms with van der Waals surface area (Å²) >= 11 is 7.11. The highest BCUT2D eigenvalue weighted by molar-refractivity contribution is 6.39. The van der Waals surface area contributed by atoms with Crippen LogP contribution in [0.15, 0.2) is 42.0 Å². The van der Waals surface area contributed by atoms with Crippen LogP contribution in [0.4, 0.5) is 14.6 Å². The minimum Gasteiger partial charge on any atom is -0.507 e. The highest BCUT2D eigenvalue weighted by atomic mass is 35.5. The van der Waals surface area contributed by atoms with Gasteiger partial charge in [-0.25, -0.2) is 23.5 Å². The lowest BCUT2D eigenvalue weighted by Gasteiger charge is -2.45. The maximum Gasteiger partial charge on any atom is 0.354 e. The quantitative estimate of drug-likeness (QED) is 0.273. The molecule has 240 valence electrons. The summed E-state index contributed by atoms with van der Waals surface area (Å²) in [7, 11) is 0. The van der Waals surface area contributed by atoms with E-state index in [-0.39, 0.29) is 71.0 Å². The van der Waals surface area contributed by atoms with Gasteiger partial charge in [-0.2, -0.15) is 4.98 Å². The third-order valence-corrected chi connectivity index (χ3v) is 8.89. The number of amides is 1. The highest BCUT2D eigenvalue weighted by Gasteiger charge is 2.41. The van der Waals surface area contributed by atoms with Crippen molar-refractivity contribution in [3.05, 3.63) is 75.7 Å². The smallest absolute Gasteiger partial charge is 0.354 e. The summed E-state index contributed by atoms with van der Waals surface area (Å²) in [6, 6.07) is 2.66. The average Bonchev–Trinajstić information content (AvgIpc) is 3.17. The highest BCUT2D eigenvalue weighted by Crippen LogP contribution is 2.50. The van der Waals surface area contributed by atoms with Crippen LogP contribution in [-0.4, -0.2) is 67.2 Å². The van der Waals surface area contributed by atoms with Crippen LogP contribution in [0.2, 0.25) is 5.02 Å². The molecule has 2 atom stereocenters. The van der Waals surface area contributed by atoms with Crippen LogP contribution in [0.25, 0.3) is 27.7 Å². The lowest BCUT2D eigenvalue weighted by molar-refractivity contribution is -0.127. The Hall–Kier alpha value is -4.58. The lowest BCUT2D eigenvalue weighted by atomic mass is 9.98. The summed E-state index contributed by atoms with van der Waals surface area (Å²) in [6.07, 6.45) is 2.64. The molecule has 46 heavy (non-hydrogen) atoms. The fourth-order valence-corrected chi connectivity index (χ4v) is 6.90. The third kappa shape index (κ3) is 4.77. The number of carbonyl (C=O) groups is 1. The van der Waals surface area contributed by atoms with Crippen molar-refractivity contribution in [1.29, 1.82) is 0 Å². The number of halogens is 3. The summed E-state index contributed by atoms with van der Waals surface area (Å²) in [5, 5.41) is 10.5.